The first kappa shape index (κ1) is 14.3. The van der Waals surface area contributed by atoms with Crippen molar-refractivity contribution in [3.63, 3.8) is 0 Å². The molecule has 100 valence electrons. The van der Waals surface area contributed by atoms with Gasteiger partial charge in [-0.3, -0.25) is 0 Å². The highest BCUT2D eigenvalue weighted by Gasteiger charge is 2.25. The van der Waals surface area contributed by atoms with Gasteiger partial charge in [0.05, 0.1) is 7.11 Å². The number of hydrogen-bond acceptors (Lipinski definition) is 4. The molecule has 3 N–H and O–H groups in total. The summed E-state index contributed by atoms with van der Waals surface area (Å²) >= 11 is 0. The minimum absolute atomic E-state index is 0.202. The molecule has 0 bridgehead atoms. The molecular weight excluding hydrogens is 218 g/mol. The first-order chi connectivity index (χ1) is 7.96. The smallest absolute Gasteiger partial charge is 0.407 e. The van der Waals surface area contributed by atoms with Gasteiger partial charge in [-0.1, -0.05) is 13.8 Å². The number of nitrogens with one attached hydrogen (secondary N) is 1. The molecular formula is C12H25N3O2. The Morgan fingerprint density at radius 3 is 2.88 bits per heavy atom. The second kappa shape index (κ2) is 6.21. The second-order valence-electron chi connectivity index (χ2n) is 5.54. The van der Waals surface area contributed by atoms with E-state index in [2.05, 4.69) is 28.8 Å². The van der Waals surface area contributed by atoms with Gasteiger partial charge in [0.1, 0.15) is 0 Å². The molecule has 5 nitrogen and oxygen atoms in total. The summed E-state index contributed by atoms with van der Waals surface area (Å²) in [5, 5.41) is 2.84. The van der Waals surface area contributed by atoms with Crippen molar-refractivity contribution in [2.24, 2.45) is 11.1 Å². The number of likely N-dealkylation sites (tertiary alicyclic amines) is 1. The van der Waals surface area contributed by atoms with Crippen molar-refractivity contribution in [2.75, 3.05) is 33.3 Å². The van der Waals surface area contributed by atoms with Crippen molar-refractivity contribution in [2.45, 2.75) is 32.7 Å². The zero-order chi connectivity index (χ0) is 12.9. The molecule has 0 aliphatic carbocycles. The van der Waals surface area contributed by atoms with E-state index in [1.54, 1.807) is 0 Å². The predicted molar refractivity (Wildman–Crippen MR) is 67.8 cm³/mol. The van der Waals surface area contributed by atoms with Crippen molar-refractivity contribution in [1.29, 1.82) is 0 Å². The lowest BCUT2D eigenvalue weighted by Crippen LogP contribution is -2.37. The molecule has 17 heavy (non-hydrogen) atoms. The molecule has 0 aromatic heterocycles. The summed E-state index contributed by atoms with van der Waals surface area (Å²) in [6.45, 7) is 8.08. The number of amides is 1. The quantitative estimate of drug-likeness (QED) is 0.749. The Bertz CT molecular complexity index is 256. The molecule has 1 saturated heterocycles. The van der Waals surface area contributed by atoms with Crippen LogP contribution in [0.4, 0.5) is 4.79 Å². The molecule has 0 saturated carbocycles. The highest BCUT2D eigenvalue weighted by atomic mass is 16.5. The van der Waals surface area contributed by atoms with Crippen LogP contribution in [0.15, 0.2) is 0 Å². The largest absolute Gasteiger partial charge is 0.453 e. The standard InChI is InChI=1S/C12H25N3O2/c1-12(2,9-13)5-7-15-6-4-10(8-15)14-11(16)17-3/h10H,4-9,13H2,1-3H3,(H,14,16). The third-order valence-electron chi connectivity index (χ3n) is 3.44. The maximum absolute atomic E-state index is 11.1. The normalized spacial score (nSPS) is 21.5. The van der Waals surface area contributed by atoms with Crippen molar-refractivity contribution >= 4 is 6.09 Å². The molecule has 1 aliphatic rings. The predicted octanol–water partition coefficient (Wildman–Crippen LogP) is 0.792. The average Bonchev–Trinajstić information content (AvgIpc) is 2.74. The lowest BCUT2D eigenvalue weighted by Gasteiger charge is -2.25. The Kier molecular flexibility index (Phi) is 5.21. The molecule has 1 amide bonds. The molecule has 1 unspecified atom stereocenters. The zero-order valence-electron chi connectivity index (χ0n) is 11.2. The van der Waals surface area contributed by atoms with Crippen LogP contribution in [0.2, 0.25) is 0 Å². The highest BCUT2D eigenvalue weighted by molar-refractivity contribution is 5.67. The fourth-order valence-electron chi connectivity index (χ4n) is 1.94. The Morgan fingerprint density at radius 1 is 1.59 bits per heavy atom. The van der Waals surface area contributed by atoms with Crippen molar-refractivity contribution < 1.29 is 9.53 Å². The van der Waals surface area contributed by atoms with E-state index in [4.69, 9.17) is 5.73 Å². The molecule has 1 aliphatic heterocycles. The van der Waals surface area contributed by atoms with Crippen LogP contribution in [0.5, 0.6) is 0 Å². The van der Waals surface area contributed by atoms with E-state index in [0.717, 1.165) is 32.5 Å². The van der Waals surface area contributed by atoms with Gasteiger partial charge in [-0.25, -0.2) is 4.79 Å². The van der Waals surface area contributed by atoms with Gasteiger partial charge in [0.2, 0.25) is 0 Å². The van der Waals surface area contributed by atoms with Gasteiger partial charge in [0, 0.05) is 19.1 Å². The van der Waals surface area contributed by atoms with Crippen LogP contribution in [-0.4, -0.2) is 50.3 Å². The lowest BCUT2D eigenvalue weighted by atomic mass is 9.89. The van der Waals surface area contributed by atoms with E-state index in [-0.39, 0.29) is 17.6 Å². The molecule has 0 radical (unpaired) electrons. The van der Waals surface area contributed by atoms with Crippen LogP contribution in [0.3, 0.4) is 0 Å². The monoisotopic (exact) mass is 243 g/mol. The Labute approximate surface area is 104 Å². The summed E-state index contributed by atoms with van der Waals surface area (Å²) in [4.78, 5) is 13.4. The number of methoxy groups -OCH3 is 1. The van der Waals surface area contributed by atoms with Gasteiger partial charge < -0.3 is 20.7 Å². The van der Waals surface area contributed by atoms with E-state index in [0.29, 0.717) is 6.54 Å². The van der Waals surface area contributed by atoms with Crippen LogP contribution in [0.1, 0.15) is 26.7 Å². The maximum Gasteiger partial charge on any atom is 0.407 e. The summed E-state index contributed by atoms with van der Waals surface area (Å²) in [6, 6.07) is 0.225. The first-order valence-electron chi connectivity index (χ1n) is 6.24. The van der Waals surface area contributed by atoms with Crippen molar-refractivity contribution in [3.8, 4) is 0 Å². The summed E-state index contributed by atoms with van der Waals surface area (Å²) in [7, 11) is 1.39. The van der Waals surface area contributed by atoms with Gasteiger partial charge in [0.25, 0.3) is 0 Å². The number of alkyl carbamates (subject to hydrolysis) is 1. The van der Waals surface area contributed by atoms with Crippen LogP contribution < -0.4 is 11.1 Å². The molecule has 1 fully saturated rings. The summed E-state index contributed by atoms with van der Waals surface area (Å²) in [5.74, 6) is 0. The van der Waals surface area contributed by atoms with Crippen LogP contribution in [0.25, 0.3) is 0 Å². The van der Waals surface area contributed by atoms with Gasteiger partial charge in [-0.05, 0) is 31.3 Å². The molecule has 1 atom stereocenters. The Hall–Kier alpha value is -0.810. The lowest BCUT2D eigenvalue weighted by molar-refractivity contribution is 0.166. The Morgan fingerprint density at radius 2 is 2.29 bits per heavy atom. The minimum Gasteiger partial charge on any atom is -0.453 e. The number of ether oxygens (including phenoxy) is 1. The summed E-state index contributed by atoms with van der Waals surface area (Å²) in [6.07, 6.45) is 1.76. The fraction of sp³-hybridized carbons (Fsp3) is 0.917. The zero-order valence-corrected chi connectivity index (χ0v) is 11.2. The van der Waals surface area contributed by atoms with Crippen LogP contribution in [0, 0.1) is 5.41 Å². The third kappa shape index (κ3) is 4.91. The molecule has 0 spiro atoms. The summed E-state index contributed by atoms with van der Waals surface area (Å²) in [5.41, 5.74) is 5.91. The average molecular weight is 243 g/mol. The number of nitrogens with two attached hydrogens (primary N) is 1. The third-order valence-corrected chi connectivity index (χ3v) is 3.44. The molecule has 1 heterocycles. The molecule has 0 aromatic rings. The van der Waals surface area contributed by atoms with Crippen LogP contribution >= 0.6 is 0 Å². The number of carbonyl (C=O) groups excluding carboxylic acids is 1. The highest BCUT2D eigenvalue weighted by Crippen LogP contribution is 2.20. The van der Waals surface area contributed by atoms with E-state index < -0.39 is 0 Å². The maximum atomic E-state index is 11.1. The van der Waals surface area contributed by atoms with E-state index in [9.17, 15) is 4.79 Å². The Balaban J connectivity index is 2.24. The number of carbonyl (C=O) groups is 1. The first-order valence-corrected chi connectivity index (χ1v) is 6.24. The van der Waals surface area contributed by atoms with Gasteiger partial charge >= 0.3 is 6.09 Å². The fourth-order valence-corrected chi connectivity index (χ4v) is 1.94. The number of nitrogens with zero attached hydrogens (tertiary/aromatic N) is 1. The minimum atomic E-state index is -0.334. The number of rotatable bonds is 5. The van der Waals surface area contributed by atoms with E-state index >= 15 is 0 Å². The second-order valence-corrected chi connectivity index (χ2v) is 5.54. The van der Waals surface area contributed by atoms with Gasteiger partial charge in [-0.15, -0.1) is 0 Å². The summed E-state index contributed by atoms with van der Waals surface area (Å²) < 4.78 is 4.59. The molecule has 0 aromatic carbocycles. The van der Waals surface area contributed by atoms with E-state index in [1.807, 2.05) is 0 Å². The van der Waals surface area contributed by atoms with Crippen LogP contribution in [-0.2, 0) is 4.74 Å². The van der Waals surface area contributed by atoms with Crippen molar-refractivity contribution in [3.05, 3.63) is 0 Å². The van der Waals surface area contributed by atoms with E-state index in [1.165, 1.54) is 7.11 Å². The molecule has 5 heteroatoms. The SMILES string of the molecule is COC(=O)NC1CCN(CCC(C)(C)CN)C1. The van der Waals surface area contributed by atoms with Crippen molar-refractivity contribution in [1.82, 2.24) is 10.2 Å². The molecule has 1 rings (SSSR count). The topological polar surface area (TPSA) is 67.6 Å². The number of hydrogen-bond donors (Lipinski definition) is 2. The van der Waals surface area contributed by atoms with Gasteiger partial charge in [0.15, 0.2) is 0 Å². The van der Waals surface area contributed by atoms with Gasteiger partial charge in [-0.2, -0.15) is 0 Å².